The Kier molecular flexibility index (Phi) is 2.06. The summed E-state index contributed by atoms with van der Waals surface area (Å²) in [6.07, 6.45) is 1.82. The largest absolute Gasteiger partial charge is 0.366 e. The lowest BCUT2D eigenvalue weighted by atomic mass is 10.1. The zero-order chi connectivity index (χ0) is 13.7. The molecule has 0 spiro atoms. The fourth-order valence-corrected chi connectivity index (χ4v) is 2.65. The zero-order valence-corrected chi connectivity index (χ0v) is 10.4. The van der Waals surface area contributed by atoms with Crippen molar-refractivity contribution < 1.29 is 4.79 Å². The van der Waals surface area contributed by atoms with Gasteiger partial charge in [-0.25, -0.2) is 0 Å². The van der Waals surface area contributed by atoms with Crippen molar-refractivity contribution in [1.82, 2.24) is 15.2 Å². The number of fused-ring (bicyclic) bond motifs is 2. The van der Waals surface area contributed by atoms with Gasteiger partial charge in [-0.2, -0.15) is 0 Å². The van der Waals surface area contributed by atoms with Crippen LogP contribution in [0.4, 0.5) is 0 Å². The molecule has 0 saturated carbocycles. The molecule has 4 aromatic rings. The molecule has 1 amide bonds. The number of primary amides is 1. The van der Waals surface area contributed by atoms with Crippen molar-refractivity contribution >= 4 is 38.6 Å². The second-order valence-corrected chi connectivity index (χ2v) is 4.67. The molecule has 0 aliphatic heterocycles. The number of amides is 1. The number of H-pyrrole nitrogens is 1. The van der Waals surface area contributed by atoms with Crippen LogP contribution in [-0.4, -0.2) is 21.1 Å². The van der Waals surface area contributed by atoms with E-state index in [0.717, 1.165) is 32.7 Å². The summed E-state index contributed by atoms with van der Waals surface area (Å²) in [6, 6.07) is 11.3. The fourth-order valence-electron chi connectivity index (χ4n) is 2.65. The predicted molar refractivity (Wildman–Crippen MR) is 77.4 cm³/mol. The third-order valence-corrected chi connectivity index (χ3v) is 3.55. The molecule has 0 atom stereocenters. The van der Waals surface area contributed by atoms with Gasteiger partial charge in [-0.1, -0.05) is 24.3 Å². The van der Waals surface area contributed by atoms with Crippen molar-refractivity contribution in [2.24, 2.45) is 5.73 Å². The third-order valence-electron chi connectivity index (χ3n) is 3.55. The van der Waals surface area contributed by atoms with Crippen LogP contribution in [0.1, 0.15) is 10.4 Å². The van der Waals surface area contributed by atoms with Crippen molar-refractivity contribution in [2.75, 3.05) is 0 Å². The normalized spacial score (nSPS) is 11.4. The molecule has 2 heterocycles. The van der Waals surface area contributed by atoms with Gasteiger partial charge in [0.1, 0.15) is 5.52 Å². The average Bonchev–Trinajstić information content (AvgIpc) is 2.81. The van der Waals surface area contributed by atoms with Crippen LogP contribution in [0.2, 0.25) is 0 Å². The highest BCUT2D eigenvalue weighted by atomic mass is 16.1. The minimum atomic E-state index is -0.445. The van der Waals surface area contributed by atoms with Crippen LogP contribution in [-0.2, 0) is 0 Å². The minimum Gasteiger partial charge on any atom is -0.366 e. The lowest BCUT2D eigenvalue weighted by Gasteiger charge is -1.99. The monoisotopic (exact) mass is 262 g/mol. The number of pyridine rings is 1. The van der Waals surface area contributed by atoms with E-state index in [2.05, 4.69) is 15.2 Å². The van der Waals surface area contributed by atoms with E-state index in [1.54, 1.807) is 6.07 Å². The van der Waals surface area contributed by atoms with Gasteiger partial charge in [0.15, 0.2) is 5.65 Å². The summed E-state index contributed by atoms with van der Waals surface area (Å²) in [7, 11) is 0. The number of hydrogen-bond acceptors (Lipinski definition) is 3. The number of carbonyl (C=O) groups excluding carboxylic acids is 1. The molecule has 5 nitrogen and oxygen atoms in total. The van der Waals surface area contributed by atoms with E-state index in [1.165, 1.54) is 0 Å². The number of aromatic nitrogens is 3. The topological polar surface area (TPSA) is 84.7 Å². The van der Waals surface area contributed by atoms with E-state index in [4.69, 9.17) is 5.73 Å². The van der Waals surface area contributed by atoms with Gasteiger partial charge >= 0.3 is 0 Å². The molecule has 20 heavy (non-hydrogen) atoms. The molecule has 0 aliphatic carbocycles. The van der Waals surface area contributed by atoms with Gasteiger partial charge in [0.25, 0.3) is 0 Å². The fraction of sp³-hybridized carbons (Fsp3) is 0. The second kappa shape index (κ2) is 3.77. The van der Waals surface area contributed by atoms with Gasteiger partial charge in [0.2, 0.25) is 5.91 Å². The number of nitrogens with one attached hydrogen (secondary N) is 1. The zero-order valence-electron chi connectivity index (χ0n) is 10.4. The van der Waals surface area contributed by atoms with E-state index in [1.807, 2.05) is 36.5 Å². The Hall–Kier alpha value is -2.95. The average molecular weight is 262 g/mol. The number of benzene rings is 1. The molecular formula is C15H10N4O. The third kappa shape index (κ3) is 1.34. The van der Waals surface area contributed by atoms with Crippen LogP contribution in [0, 0.1) is 0 Å². The molecule has 5 heteroatoms. The Balaban J connectivity index is 2.36. The number of nitrogens with zero attached hydrogens (tertiary/aromatic N) is 2. The first-order valence-electron chi connectivity index (χ1n) is 6.21. The molecule has 4 rings (SSSR count). The molecule has 2 aromatic carbocycles. The number of aromatic amines is 1. The van der Waals surface area contributed by atoms with Gasteiger partial charge in [0, 0.05) is 17.1 Å². The summed E-state index contributed by atoms with van der Waals surface area (Å²) >= 11 is 0. The summed E-state index contributed by atoms with van der Waals surface area (Å²) in [5.74, 6) is -0.445. The first kappa shape index (κ1) is 10.9. The maximum atomic E-state index is 11.6. The summed E-state index contributed by atoms with van der Waals surface area (Å²) in [6.45, 7) is 0. The summed E-state index contributed by atoms with van der Waals surface area (Å²) in [5.41, 5.74) is 7.45. The van der Waals surface area contributed by atoms with Gasteiger partial charge in [-0.3, -0.25) is 4.79 Å². The molecule has 0 radical (unpaired) electrons. The Morgan fingerprint density at radius 2 is 1.95 bits per heavy atom. The molecule has 3 N–H and O–H groups in total. The van der Waals surface area contributed by atoms with Crippen molar-refractivity contribution in [1.29, 1.82) is 0 Å². The maximum Gasteiger partial charge on any atom is 0.249 e. The van der Waals surface area contributed by atoms with Crippen LogP contribution in [0.25, 0.3) is 32.7 Å². The van der Waals surface area contributed by atoms with Crippen molar-refractivity contribution in [3.05, 3.63) is 48.2 Å². The molecule has 0 bridgehead atoms. The van der Waals surface area contributed by atoms with Crippen molar-refractivity contribution in [3.8, 4) is 0 Å². The molecule has 0 fully saturated rings. The second-order valence-electron chi connectivity index (χ2n) is 4.67. The maximum absolute atomic E-state index is 11.6. The molecular weight excluding hydrogens is 252 g/mol. The lowest BCUT2D eigenvalue weighted by molar-refractivity contribution is 0.100. The van der Waals surface area contributed by atoms with Gasteiger partial charge in [-0.05, 0) is 22.9 Å². The van der Waals surface area contributed by atoms with E-state index < -0.39 is 5.91 Å². The number of carbonyl (C=O) groups is 1. The predicted octanol–water partition coefficient (Wildman–Crippen LogP) is 2.36. The van der Waals surface area contributed by atoms with Crippen molar-refractivity contribution in [3.63, 3.8) is 0 Å². The first-order chi connectivity index (χ1) is 9.75. The molecule has 0 aliphatic rings. The summed E-state index contributed by atoms with van der Waals surface area (Å²) in [5, 5.41) is 12.0. The SMILES string of the molecule is NC(=O)c1cccc2c1ccc1cc[nH]c3nnc2c13. The quantitative estimate of drug-likeness (QED) is 0.552. The Morgan fingerprint density at radius 3 is 2.80 bits per heavy atom. The highest BCUT2D eigenvalue weighted by Crippen LogP contribution is 2.29. The van der Waals surface area contributed by atoms with E-state index in [-0.39, 0.29) is 0 Å². The minimum absolute atomic E-state index is 0.445. The highest BCUT2D eigenvalue weighted by molar-refractivity contribution is 6.18. The summed E-state index contributed by atoms with van der Waals surface area (Å²) in [4.78, 5) is 14.7. The van der Waals surface area contributed by atoms with Gasteiger partial charge in [0.05, 0.1) is 5.39 Å². The molecule has 96 valence electrons. The first-order valence-corrected chi connectivity index (χ1v) is 6.21. The van der Waals surface area contributed by atoms with Gasteiger partial charge in [-0.15, -0.1) is 10.2 Å². The van der Waals surface area contributed by atoms with E-state index >= 15 is 0 Å². The molecule has 2 aromatic heterocycles. The lowest BCUT2D eigenvalue weighted by Crippen LogP contribution is -2.10. The highest BCUT2D eigenvalue weighted by Gasteiger charge is 2.12. The van der Waals surface area contributed by atoms with Crippen LogP contribution in [0.5, 0.6) is 0 Å². The Morgan fingerprint density at radius 1 is 1.05 bits per heavy atom. The molecule has 0 unspecified atom stereocenters. The molecule has 0 saturated heterocycles. The number of rotatable bonds is 1. The Labute approximate surface area is 113 Å². The van der Waals surface area contributed by atoms with Gasteiger partial charge < -0.3 is 10.7 Å². The van der Waals surface area contributed by atoms with Crippen LogP contribution < -0.4 is 5.73 Å². The van der Waals surface area contributed by atoms with E-state index in [0.29, 0.717) is 5.56 Å². The number of hydrogen-bond donors (Lipinski definition) is 2. The number of nitrogens with two attached hydrogens (primary N) is 1. The van der Waals surface area contributed by atoms with Crippen LogP contribution >= 0.6 is 0 Å². The Bertz CT molecular complexity index is 987. The van der Waals surface area contributed by atoms with Crippen LogP contribution in [0.15, 0.2) is 42.6 Å². The van der Waals surface area contributed by atoms with Crippen LogP contribution in [0.3, 0.4) is 0 Å². The standard InChI is InChI=1S/C15H10N4O/c16-14(20)11-3-1-2-10-9(11)5-4-8-6-7-17-15-12(8)13(10)18-19-15/h1-7H,(H2,16,20)(H,17,18,19). The smallest absolute Gasteiger partial charge is 0.249 e. The van der Waals surface area contributed by atoms with Crippen molar-refractivity contribution in [2.45, 2.75) is 0 Å². The van der Waals surface area contributed by atoms with E-state index in [9.17, 15) is 4.79 Å². The summed E-state index contributed by atoms with van der Waals surface area (Å²) < 4.78 is 0.